The molecule has 1 atom stereocenters. The Morgan fingerprint density at radius 1 is 1.11 bits per heavy atom. The van der Waals surface area contributed by atoms with Gasteiger partial charge in [-0.1, -0.05) is 20.3 Å². The second kappa shape index (κ2) is 8.20. The third-order valence-corrected chi connectivity index (χ3v) is 3.92. The van der Waals surface area contributed by atoms with Crippen LogP contribution in [0.25, 0.3) is 0 Å². The van der Waals surface area contributed by atoms with E-state index in [0.29, 0.717) is 0 Å². The Bertz CT molecular complexity index is 236. The maximum absolute atomic E-state index is 9.10. The van der Waals surface area contributed by atoms with Gasteiger partial charge in [-0.25, -0.2) is 0 Å². The van der Waals surface area contributed by atoms with E-state index in [-0.39, 0.29) is 6.61 Å². The maximum atomic E-state index is 9.10. The lowest BCUT2D eigenvalue weighted by molar-refractivity contribution is 0.119. The van der Waals surface area contributed by atoms with E-state index in [1.54, 1.807) is 0 Å². The van der Waals surface area contributed by atoms with Gasteiger partial charge in [0.15, 0.2) is 0 Å². The van der Waals surface area contributed by atoms with Crippen LogP contribution < -0.4 is 5.73 Å². The van der Waals surface area contributed by atoms with E-state index in [4.69, 9.17) is 10.8 Å². The first kappa shape index (κ1) is 16.9. The Labute approximate surface area is 118 Å². The van der Waals surface area contributed by atoms with E-state index in [1.807, 2.05) is 6.92 Å². The minimum Gasteiger partial charge on any atom is -0.394 e. The zero-order chi connectivity index (χ0) is 14.3. The SMILES string of the molecule is CC(C)CN1CCN(CCCCC(C)(N)CO)CC1. The monoisotopic (exact) mass is 271 g/mol. The van der Waals surface area contributed by atoms with E-state index in [2.05, 4.69) is 23.6 Å². The van der Waals surface area contributed by atoms with E-state index in [0.717, 1.165) is 18.8 Å². The van der Waals surface area contributed by atoms with E-state index < -0.39 is 5.54 Å². The summed E-state index contributed by atoms with van der Waals surface area (Å²) in [6, 6.07) is 0. The van der Waals surface area contributed by atoms with Gasteiger partial charge >= 0.3 is 0 Å². The Morgan fingerprint density at radius 3 is 2.21 bits per heavy atom. The molecule has 0 aliphatic carbocycles. The number of hydrogen-bond acceptors (Lipinski definition) is 4. The summed E-state index contributed by atoms with van der Waals surface area (Å²) in [5, 5.41) is 9.10. The Kier molecular flexibility index (Phi) is 7.29. The van der Waals surface area contributed by atoms with Gasteiger partial charge in [0.05, 0.1) is 6.61 Å². The zero-order valence-electron chi connectivity index (χ0n) is 13.1. The van der Waals surface area contributed by atoms with Crippen molar-refractivity contribution >= 4 is 0 Å². The molecule has 1 unspecified atom stereocenters. The molecule has 0 aromatic rings. The molecule has 0 saturated carbocycles. The van der Waals surface area contributed by atoms with Crippen LogP contribution in [0.1, 0.15) is 40.0 Å². The predicted octanol–water partition coefficient (Wildman–Crippen LogP) is 1.14. The van der Waals surface area contributed by atoms with Crippen LogP contribution in [0.5, 0.6) is 0 Å². The summed E-state index contributed by atoms with van der Waals surface area (Å²) < 4.78 is 0. The summed E-state index contributed by atoms with van der Waals surface area (Å²) in [7, 11) is 0. The summed E-state index contributed by atoms with van der Waals surface area (Å²) in [5.74, 6) is 0.771. The van der Waals surface area contributed by atoms with Crippen LogP contribution in [-0.4, -0.2) is 66.3 Å². The zero-order valence-corrected chi connectivity index (χ0v) is 13.1. The third-order valence-electron chi connectivity index (χ3n) is 3.92. The van der Waals surface area contributed by atoms with E-state index in [1.165, 1.54) is 45.7 Å². The molecule has 1 saturated heterocycles. The number of nitrogens with two attached hydrogens (primary N) is 1. The lowest BCUT2D eigenvalue weighted by Crippen LogP contribution is -2.47. The minimum atomic E-state index is -0.393. The summed E-state index contributed by atoms with van der Waals surface area (Å²) in [4.78, 5) is 5.13. The van der Waals surface area contributed by atoms with Crippen molar-refractivity contribution in [3.05, 3.63) is 0 Å². The molecule has 0 spiro atoms. The molecule has 1 aliphatic heterocycles. The third kappa shape index (κ3) is 7.25. The van der Waals surface area contributed by atoms with Crippen molar-refractivity contribution in [2.75, 3.05) is 45.9 Å². The van der Waals surface area contributed by atoms with Crippen LogP contribution in [0.2, 0.25) is 0 Å². The minimum absolute atomic E-state index is 0.0842. The average Bonchev–Trinajstić information content (AvgIpc) is 2.36. The molecule has 3 N–H and O–H groups in total. The maximum Gasteiger partial charge on any atom is 0.0608 e. The molecular weight excluding hydrogens is 238 g/mol. The molecule has 0 aromatic heterocycles. The van der Waals surface area contributed by atoms with Crippen molar-refractivity contribution < 1.29 is 5.11 Å². The van der Waals surface area contributed by atoms with Crippen molar-refractivity contribution in [3.8, 4) is 0 Å². The topological polar surface area (TPSA) is 52.7 Å². The number of aliphatic hydroxyl groups is 1. The molecule has 114 valence electrons. The van der Waals surface area contributed by atoms with Gasteiger partial charge in [0.2, 0.25) is 0 Å². The summed E-state index contributed by atoms with van der Waals surface area (Å²) in [6.07, 6.45) is 3.22. The fourth-order valence-corrected chi connectivity index (χ4v) is 2.66. The first-order chi connectivity index (χ1) is 8.93. The standard InChI is InChI=1S/C15H33N3O/c1-14(2)12-18-10-8-17(9-11-18)7-5-4-6-15(3,16)13-19/h14,19H,4-13,16H2,1-3H3. The summed E-state index contributed by atoms with van der Waals surface area (Å²) in [5.41, 5.74) is 5.54. The molecule has 0 amide bonds. The van der Waals surface area contributed by atoms with Gasteiger partial charge in [-0.2, -0.15) is 0 Å². The molecule has 19 heavy (non-hydrogen) atoms. The Balaban J connectivity index is 2.07. The molecule has 0 radical (unpaired) electrons. The second-order valence-electron chi connectivity index (χ2n) is 6.81. The number of piperazine rings is 1. The highest BCUT2D eigenvalue weighted by Gasteiger charge is 2.18. The van der Waals surface area contributed by atoms with Gasteiger partial charge in [-0.05, 0) is 32.2 Å². The second-order valence-corrected chi connectivity index (χ2v) is 6.81. The number of rotatable bonds is 8. The molecule has 0 bridgehead atoms. The number of nitrogens with zero attached hydrogens (tertiary/aromatic N) is 2. The van der Waals surface area contributed by atoms with Crippen molar-refractivity contribution in [2.45, 2.75) is 45.6 Å². The lowest BCUT2D eigenvalue weighted by Gasteiger charge is -2.35. The fourth-order valence-electron chi connectivity index (χ4n) is 2.66. The highest BCUT2D eigenvalue weighted by atomic mass is 16.3. The van der Waals surface area contributed by atoms with E-state index >= 15 is 0 Å². The smallest absolute Gasteiger partial charge is 0.0608 e. The van der Waals surface area contributed by atoms with Gasteiger partial charge < -0.3 is 20.6 Å². The van der Waals surface area contributed by atoms with Crippen molar-refractivity contribution in [2.24, 2.45) is 11.7 Å². The van der Waals surface area contributed by atoms with Crippen molar-refractivity contribution in [1.82, 2.24) is 9.80 Å². The number of unbranched alkanes of at least 4 members (excludes halogenated alkanes) is 1. The van der Waals surface area contributed by atoms with Crippen LogP contribution in [0.4, 0.5) is 0 Å². The van der Waals surface area contributed by atoms with Crippen LogP contribution in [0.3, 0.4) is 0 Å². The van der Waals surface area contributed by atoms with Gasteiger partial charge in [0, 0.05) is 38.3 Å². The summed E-state index contributed by atoms with van der Waals surface area (Å²) in [6.45, 7) is 13.8. The van der Waals surface area contributed by atoms with Crippen LogP contribution >= 0.6 is 0 Å². The molecule has 4 heteroatoms. The molecule has 4 nitrogen and oxygen atoms in total. The highest BCUT2D eigenvalue weighted by molar-refractivity contribution is 4.77. The number of hydrogen-bond donors (Lipinski definition) is 2. The van der Waals surface area contributed by atoms with Crippen LogP contribution in [0.15, 0.2) is 0 Å². The van der Waals surface area contributed by atoms with Crippen molar-refractivity contribution in [3.63, 3.8) is 0 Å². The molecule has 1 heterocycles. The average molecular weight is 271 g/mol. The van der Waals surface area contributed by atoms with Gasteiger partial charge in [-0.15, -0.1) is 0 Å². The predicted molar refractivity (Wildman–Crippen MR) is 81.2 cm³/mol. The number of aliphatic hydroxyl groups excluding tert-OH is 1. The lowest BCUT2D eigenvalue weighted by atomic mass is 9.97. The first-order valence-electron chi connectivity index (χ1n) is 7.77. The van der Waals surface area contributed by atoms with Gasteiger partial charge in [0.1, 0.15) is 0 Å². The van der Waals surface area contributed by atoms with Crippen molar-refractivity contribution in [1.29, 1.82) is 0 Å². The van der Waals surface area contributed by atoms with Gasteiger partial charge in [-0.3, -0.25) is 0 Å². The first-order valence-corrected chi connectivity index (χ1v) is 7.77. The fraction of sp³-hybridized carbons (Fsp3) is 1.00. The molecular formula is C15H33N3O. The Morgan fingerprint density at radius 2 is 1.68 bits per heavy atom. The van der Waals surface area contributed by atoms with E-state index in [9.17, 15) is 0 Å². The Hall–Kier alpha value is -0.160. The molecule has 1 aliphatic rings. The van der Waals surface area contributed by atoms with Crippen LogP contribution in [-0.2, 0) is 0 Å². The summed E-state index contributed by atoms with van der Waals surface area (Å²) >= 11 is 0. The molecule has 0 aromatic carbocycles. The molecule has 1 fully saturated rings. The largest absolute Gasteiger partial charge is 0.394 e. The van der Waals surface area contributed by atoms with Gasteiger partial charge in [0.25, 0.3) is 0 Å². The highest BCUT2D eigenvalue weighted by Crippen LogP contribution is 2.11. The molecule has 1 rings (SSSR count). The quantitative estimate of drug-likeness (QED) is 0.650. The normalized spacial score (nSPS) is 21.8. The van der Waals surface area contributed by atoms with Crippen LogP contribution in [0, 0.1) is 5.92 Å².